The van der Waals surface area contributed by atoms with Crippen LogP contribution in [0.5, 0.6) is 0 Å². The molecule has 5 nitrogen and oxygen atoms in total. The third-order valence-electron chi connectivity index (χ3n) is 6.58. The highest BCUT2D eigenvalue weighted by Crippen LogP contribution is 2.46. The number of carbonyl (C=O) groups excluding carboxylic acids is 2. The van der Waals surface area contributed by atoms with Crippen molar-refractivity contribution in [3.8, 4) is 0 Å². The fraction of sp³-hybridized carbons (Fsp3) is 0.375. The Hall–Kier alpha value is -3.25. The first-order valence-corrected chi connectivity index (χ1v) is 14.0. The summed E-state index contributed by atoms with van der Waals surface area (Å²) in [6, 6.07) is 9.42. The largest absolute Gasteiger partial charge is 0.467 e. The fourth-order valence-corrected chi connectivity index (χ4v) is 5.93. The third kappa shape index (κ3) is 8.38. The molecule has 1 aliphatic rings. The maximum atomic E-state index is 13.3. The smallest absolute Gasteiger partial charge is 0.410 e. The lowest BCUT2D eigenvalue weighted by atomic mass is 9.93. The van der Waals surface area contributed by atoms with Crippen LogP contribution in [0, 0.1) is 0 Å². The standard InChI is InChI=1S/C32H41NO4S/c1-7-11-16-26(9-3)23-37-31(35)33-24-32(38-21-12-8-2,22-29(33)30(34)36-6)28(10-4)20-19-25(5)27-17-14-13-15-18-27/h7,9-11,13-20,29H,1,4,8,12,21-24H2,2-3,5-6H3/b16-11-,25-19+,26-9+,28-20+/t29-,32+/m0/s1. The summed E-state index contributed by atoms with van der Waals surface area (Å²) in [6.45, 7) is 14.3. The summed E-state index contributed by atoms with van der Waals surface area (Å²) in [4.78, 5) is 27.7. The molecular formula is C32H41NO4S. The fourth-order valence-electron chi connectivity index (χ4n) is 4.29. The molecule has 2 atom stereocenters. The minimum atomic E-state index is -0.748. The zero-order chi connectivity index (χ0) is 28.0. The number of carbonyl (C=O) groups is 2. The van der Waals surface area contributed by atoms with Crippen molar-refractivity contribution in [2.75, 3.05) is 26.0 Å². The number of thioether (sulfide) groups is 1. The monoisotopic (exact) mass is 535 g/mol. The van der Waals surface area contributed by atoms with Gasteiger partial charge in [0.25, 0.3) is 0 Å². The summed E-state index contributed by atoms with van der Waals surface area (Å²) >= 11 is 1.77. The number of hydrogen-bond acceptors (Lipinski definition) is 5. The number of benzene rings is 1. The van der Waals surface area contributed by atoms with Crippen LogP contribution in [0.2, 0.25) is 0 Å². The zero-order valence-corrected chi connectivity index (χ0v) is 24.0. The molecule has 1 aromatic carbocycles. The van der Waals surface area contributed by atoms with Crippen LogP contribution in [0.15, 0.2) is 97.2 Å². The first kappa shape index (κ1) is 31.0. The molecule has 0 N–H and O–H groups in total. The molecule has 1 amide bonds. The van der Waals surface area contributed by atoms with Crippen LogP contribution in [0.4, 0.5) is 4.79 Å². The molecule has 0 aliphatic carbocycles. The number of ether oxygens (including phenoxy) is 2. The van der Waals surface area contributed by atoms with Gasteiger partial charge in [0.2, 0.25) is 0 Å². The SMILES string of the molecule is C=C/C=C\C(=C/C)COC(=O)N1C[C@@](SCCCC)(/C(C=C)=C/C=C(\C)c2ccccc2)C[C@H]1C(=O)OC. The van der Waals surface area contributed by atoms with E-state index in [0.717, 1.165) is 40.9 Å². The lowest BCUT2D eigenvalue weighted by molar-refractivity contribution is -0.145. The highest BCUT2D eigenvalue weighted by molar-refractivity contribution is 8.00. The number of rotatable bonds is 13. The maximum Gasteiger partial charge on any atom is 0.410 e. The second-order valence-corrected chi connectivity index (χ2v) is 10.6. The van der Waals surface area contributed by atoms with Crippen LogP contribution in [0.3, 0.4) is 0 Å². The highest BCUT2D eigenvalue weighted by Gasteiger charge is 2.51. The van der Waals surface area contributed by atoms with Crippen LogP contribution < -0.4 is 0 Å². The molecule has 1 aromatic rings. The summed E-state index contributed by atoms with van der Waals surface area (Å²) in [5.41, 5.74) is 4.06. The Kier molecular flexibility index (Phi) is 12.9. The van der Waals surface area contributed by atoms with Crippen molar-refractivity contribution in [2.45, 2.75) is 50.8 Å². The molecule has 0 spiro atoms. The van der Waals surface area contributed by atoms with Gasteiger partial charge in [0, 0.05) is 6.54 Å². The van der Waals surface area contributed by atoms with Gasteiger partial charge in [-0.1, -0.05) is 99.4 Å². The van der Waals surface area contributed by atoms with Crippen molar-refractivity contribution < 1.29 is 19.1 Å². The number of unbranched alkanes of at least 4 members (excludes halogenated alkanes) is 1. The molecule has 38 heavy (non-hydrogen) atoms. The molecular weight excluding hydrogens is 494 g/mol. The molecule has 6 heteroatoms. The number of nitrogens with zero attached hydrogens (tertiary/aromatic N) is 1. The van der Waals surface area contributed by atoms with Gasteiger partial charge in [0.15, 0.2) is 0 Å². The molecule has 0 aromatic heterocycles. The van der Waals surface area contributed by atoms with E-state index >= 15 is 0 Å². The van der Waals surface area contributed by atoms with E-state index in [1.165, 1.54) is 12.0 Å². The minimum absolute atomic E-state index is 0.100. The summed E-state index contributed by atoms with van der Waals surface area (Å²) in [5.74, 6) is 0.451. The molecule has 1 heterocycles. The Balaban J connectivity index is 2.42. The van der Waals surface area contributed by atoms with E-state index in [4.69, 9.17) is 9.47 Å². The molecule has 0 bridgehead atoms. The Bertz CT molecular complexity index is 1090. The lowest BCUT2D eigenvalue weighted by Crippen LogP contribution is -2.42. The second kappa shape index (κ2) is 15.9. The average Bonchev–Trinajstić information content (AvgIpc) is 3.34. The zero-order valence-electron chi connectivity index (χ0n) is 23.2. The van der Waals surface area contributed by atoms with Crippen molar-refractivity contribution in [3.63, 3.8) is 0 Å². The molecule has 2 rings (SSSR count). The number of esters is 1. The van der Waals surface area contributed by atoms with Crippen molar-refractivity contribution in [1.82, 2.24) is 4.90 Å². The van der Waals surface area contributed by atoms with Gasteiger partial charge >= 0.3 is 12.1 Å². The van der Waals surface area contributed by atoms with Gasteiger partial charge in [-0.15, -0.1) is 11.8 Å². The molecule has 0 saturated carbocycles. The summed E-state index contributed by atoms with van der Waals surface area (Å²) < 4.78 is 10.2. The lowest BCUT2D eigenvalue weighted by Gasteiger charge is -2.30. The van der Waals surface area contributed by atoms with E-state index in [1.54, 1.807) is 23.9 Å². The highest BCUT2D eigenvalue weighted by atomic mass is 32.2. The normalized spacial score (nSPS) is 20.5. The van der Waals surface area contributed by atoms with Crippen LogP contribution in [-0.4, -0.2) is 53.8 Å². The van der Waals surface area contributed by atoms with Gasteiger partial charge in [-0.05, 0) is 54.7 Å². The molecule has 1 saturated heterocycles. The first-order chi connectivity index (χ1) is 18.3. The van der Waals surface area contributed by atoms with Gasteiger partial charge in [-0.2, -0.15) is 0 Å². The number of methoxy groups -OCH3 is 1. The van der Waals surface area contributed by atoms with Crippen molar-refractivity contribution >= 4 is 29.4 Å². The van der Waals surface area contributed by atoms with E-state index in [1.807, 2.05) is 43.4 Å². The predicted octanol–water partition coefficient (Wildman–Crippen LogP) is 7.55. The number of hydrogen-bond donors (Lipinski definition) is 0. The van der Waals surface area contributed by atoms with Gasteiger partial charge in [-0.25, -0.2) is 9.59 Å². The van der Waals surface area contributed by atoms with E-state index in [2.05, 4.69) is 51.3 Å². The van der Waals surface area contributed by atoms with Crippen molar-refractivity contribution in [1.29, 1.82) is 0 Å². The average molecular weight is 536 g/mol. The second-order valence-electron chi connectivity index (χ2n) is 9.12. The number of amides is 1. The molecule has 0 unspecified atom stereocenters. The molecule has 1 aliphatic heterocycles. The van der Waals surface area contributed by atoms with E-state index in [0.29, 0.717) is 13.0 Å². The number of allylic oxidation sites excluding steroid dienone is 7. The van der Waals surface area contributed by atoms with E-state index in [9.17, 15) is 9.59 Å². The first-order valence-electron chi connectivity index (χ1n) is 13.0. The maximum absolute atomic E-state index is 13.3. The topological polar surface area (TPSA) is 55.8 Å². The Labute approximate surface area is 232 Å². The van der Waals surface area contributed by atoms with Crippen LogP contribution >= 0.6 is 11.8 Å². The van der Waals surface area contributed by atoms with Gasteiger partial charge in [-0.3, -0.25) is 4.90 Å². The predicted molar refractivity (Wildman–Crippen MR) is 160 cm³/mol. The summed E-state index contributed by atoms with van der Waals surface area (Å²) in [7, 11) is 1.35. The van der Waals surface area contributed by atoms with Gasteiger partial charge < -0.3 is 9.47 Å². The summed E-state index contributed by atoms with van der Waals surface area (Å²) in [6.07, 6.45) is 15.1. The van der Waals surface area contributed by atoms with Crippen LogP contribution in [0.25, 0.3) is 5.57 Å². The van der Waals surface area contributed by atoms with Crippen LogP contribution in [0.1, 0.15) is 45.6 Å². The minimum Gasteiger partial charge on any atom is -0.467 e. The van der Waals surface area contributed by atoms with Crippen molar-refractivity contribution in [3.05, 3.63) is 103 Å². The van der Waals surface area contributed by atoms with E-state index in [-0.39, 0.29) is 6.61 Å². The molecule has 0 radical (unpaired) electrons. The molecule has 204 valence electrons. The van der Waals surface area contributed by atoms with Crippen molar-refractivity contribution in [2.24, 2.45) is 0 Å². The summed E-state index contributed by atoms with van der Waals surface area (Å²) in [5, 5.41) is 0. The number of likely N-dealkylation sites (tertiary alicyclic amines) is 1. The third-order valence-corrected chi connectivity index (χ3v) is 8.15. The Morgan fingerprint density at radius 1 is 1.21 bits per heavy atom. The molecule has 1 fully saturated rings. The Morgan fingerprint density at radius 2 is 1.95 bits per heavy atom. The van der Waals surface area contributed by atoms with Gasteiger partial charge in [0.05, 0.1) is 11.9 Å². The Morgan fingerprint density at radius 3 is 2.55 bits per heavy atom. The van der Waals surface area contributed by atoms with Gasteiger partial charge in [0.1, 0.15) is 12.6 Å². The van der Waals surface area contributed by atoms with E-state index < -0.39 is 22.9 Å². The van der Waals surface area contributed by atoms with Crippen LogP contribution in [-0.2, 0) is 14.3 Å². The quantitative estimate of drug-likeness (QED) is 0.148.